The minimum atomic E-state index is -4.43. The van der Waals surface area contributed by atoms with Crippen LogP contribution in [0.1, 0.15) is 26.2 Å². The number of hydrogen-bond donors (Lipinski definition) is 1. The molecule has 1 N–H and O–H groups in total. The van der Waals surface area contributed by atoms with Gasteiger partial charge in [-0.25, -0.2) is 4.89 Å². The van der Waals surface area contributed by atoms with Crippen molar-refractivity contribution in [2.24, 2.45) is 0 Å². The molecular formula is C7H16O5S. The summed E-state index contributed by atoms with van der Waals surface area (Å²) in [5, 5.41) is 0. The van der Waals surface area contributed by atoms with Gasteiger partial charge in [-0.1, -0.05) is 24.1 Å². The molecule has 0 saturated carbocycles. The van der Waals surface area contributed by atoms with Crippen molar-refractivity contribution < 1.29 is 22.2 Å². The summed E-state index contributed by atoms with van der Waals surface area (Å²) in [5.41, 5.74) is 0. The summed E-state index contributed by atoms with van der Waals surface area (Å²) in [6.45, 7) is 8.18. The van der Waals surface area contributed by atoms with Crippen LogP contribution in [0.2, 0.25) is 0 Å². The number of unbranched alkanes of at least 4 members (excludes halogenated alkanes) is 2. The molecule has 0 aliphatic heterocycles. The molecule has 0 unspecified atom stereocenters. The van der Waals surface area contributed by atoms with Crippen molar-refractivity contribution in [1.82, 2.24) is 0 Å². The summed E-state index contributed by atoms with van der Waals surface area (Å²) < 4.78 is 31.3. The van der Waals surface area contributed by atoms with Crippen LogP contribution in [0.5, 0.6) is 0 Å². The van der Waals surface area contributed by atoms with E-state index >= 15 is 0 Å². The second-order valence-corrected chi connectivity index (χ2v) is 3.02. The zero-order valence-corrected chi connectivity index (χ0v) is 8.55. The zero-order valence-electron chi connectivity index (χ0n) is 7.73. The van der Waals surface area contributed by atoms with Crippen molar-refractivity contribution >= 4 is 10.4 Å². The van der Waals surface area contributed by atoms with Gasteiger partial charge < -0.3 is 0 Å². The molecule has 0 heterocycles. The van der Waals surface area contributed by atoms with Gasteiger partial charge in [0.25, 0.3) is 0 Å². The molecule has 0 amide bonds. The summed E-state index contributed by atoms with van der Waals surface area (Å²) in [4.78, 5) is 4.16. The Morgan fingerprint density at radius 2 is 1.85 bits per heavy atom. The lowest BCUT2D eigenvalue weighted by Gasteiger charge is -1.98. The smallest absolute Gasteiger partial charge is 0.262 e. The van der Waals surface area contributed by atoms with Gasteiger partial charge in [0.05, 0.1) is 6.61 Å². The van der Waals surface area contributed by atoms with E-state index < -0.39 is 10.4 Å². The molecule has 0 rings (SSSR count). The van der Waals surface area contributed by atoms with E-state index in [-0.39, 0.29) is 6.61 Å². The van der Waals surface area contributed by atoms with Gasteiger partial charge in [0, 0.05) is 0 Å². The molecular weight excluding hydrogens is 196 g/mol. The Kier molecular flexibility index (Phi) is 11.2. The van der Waals surface area contributed by atoms with Gasteiger partial charge in [0.1, 0.15) is 0 Å². The highest BCUT2D eigenvalue weighted by Gasteiger charge is 2.03. The Bertz CT molecular complexity index is 187. The molecule has 5 nitrogen and oxygen atoms in total. The van der Waals surface area contributed by atoms with E-state index in [0.717, 1.165) is 12.8 Å². The topological polar surface area (TPSA) is 72.8 Å². The Morgan fingerprint density at radius 1 is 1.31 bits per heavy atom. The van der Waals surface area contributed by atoms with Gasteiger partial charge in [-0.15, -0.1) is 13.2 Å². The first-order chi connectivity index (χ1) is 6.06. The molecule has 0 aromatic carbocycles. The molecule has 0 aromatic rings. The zero-order chi connectivity index (χ0) is 10.7. The van der Waals surface area contributed by atoms with Crippen LogP contribution in [0.25, 0.3) is 0 Å². The van der Waals surface area contributed by atoms with E-state index in [4.69, 9.17) is 4.55 Å². The predicted molar refractivity (Wildman–Crippen MR) is 49.4 cm³/mol. The van der Waals surface area contributed by atoms with Crippen LogP contribution in [-0.2, 0) is 19.6 Å². The largest absolute Gasteiger partial charge is 0.424 e. The van der Waals surface area contributed by atoms with Crippen LogP contribution >= 0.6 is 0 Å². The van der Waals surface area contributed by atoms with Crippen LogP contribution in [0.3, 0.4) is 0 Å². The van der Waals surface area contributed by atoms with Gasteiger partial charge >= 0.3 is 10.4 Å². The fourth-order valence-electron chi connectivity index (χ4n) is 0.506. The second kappa shape index (κ2) is 9.66. The van der Waals surface area contributed by atoms with E-state index in [1.807, 2.05) is 6.92 Å². The minimum absolute atomic E-state index is 0.174. The fraction of sp³-hybridized carbons (Fsp3) is 0.714. The Labute approximate surface area is 79.2 Å². The van der Waals surface area contributed by atoms with Gasteiger partial charge in [0.15, 0.2) is 0 Å². The lowest BCUT2D eigenvalue weighted by molar-refractivity contribution is -0.208. The SMILES string of the molecule is C=C.CCCCCOOS(=O)(=O)O. The highest BCUT2D eigenvalue weighted by Crippen LogP contribution is 1.95. The van der Waals surface area contributed by atoms with E-state index in [1.165, 1.54) is 0 Å². The van der Waals surface area contributed by atoms with Crippen LogP contribution in [0.15, 0.2) is 13.2 Å². The molecule has 0 aromatic heterocycles. The van der Waals surface area contributed by atoms with Crippen LogP contribution < -0.4 is 0 Å². The van der Waals surface area contributed by atoms with Crippen molar-refractivity contribution in [1.29, 1.82) is 0 Å². The molecule has 6 heteroatoms. The van der Waals surface area contributed by atoms with Gasteiger partial charge in [-0.2, -0.15) is 8.42 Å². The van der Waals surface area contributed by atoms with Crippen molar-refractivity contribution in [3.8, 4) is 0 Å². The molecule has 0 radical (unpaired) electrons. The van der Waals surface area contributed by atoms with Crippen LogP contribution in [-0.4, -0.2) is 19.6 Å². The highest BCUT2D eigenvalue weighted by atomic mass is 32.3. The summed E-state index contributed by atoms with van der Waals surface area (Å²) in [6.07, 6.45) is 2.66. The van der Waals surface area contributed by atoms with Crippen LogP contribution in [0, 0.1) is 0 Å². The summed E-state index contributed by atoms with van der Waals surface area (Å²) in [6, 6.07) is 0. The van der Waals surface area contributed by atoms with Crippen molar-refractivity contribution in [2.45, 2.75) is 26.2 Å². The molecule has 80 valence electrons. The average Bonchev–Trinajstić information content (AvgIpc) is 2.06. The average molecular weight is 212 g/mol. The van der Waals surface area contributed by atoms with E-state index in [1.54, 1.807) is 0 Å². The third kappa shape index (κ3) is 18.5. The minimum Gasteiger partial charge on any atom is -0.262 e. The van der Waals surface area contributed by atoms with E-state index in [9.17, 15) is 8.42 Å². The third-order valence-corrected chi connectivity index (χ3v) is 1.23. The molecule has 0 spiro atoms. The van der Waals surface area contributed by atoms with Gasteiger partial charge in [-0.3, -0.25) is 4.55 Å². The Morgan fingerprint density at radius 3 is 2.23 bits per heavy atom. The molecule has 0 saturated heterocycles. The third-order valence-electron chi connectivity index (χ3n) is 0.965. The fourth-order valence-corrected chi connectivity index (χ4v) is 0.695. The van der Waals surface area contributed by atoms with Gasteiger partial charge in [0.2, 0.25) is 0 Å². The molecule has 0 aliphatic rings. The first kappa shape index (κ1) is 15.1. The van der Waals surface area contributed by atoms with Crippen LogP contribution in [0.4, 0.5) is 0 Å². The monoisotopic (exact) mass is 212 g/mol. The lowest BCUT2D eigenvalue weighted by Crippen LogP contribution is -2.05. The second-order valence-electron chi connectivity index (χ2n) is 2.02. The standard InChI is InChI=1S/C5H12O5S.C2H4/c1-2-3-4-5-9-10-11(6,7)8;1-2/h2-5H2,1H3,(H,6,7,8);1-2H2. The Balaban J connectivity index is 0. The number of hydrogen-bond acceptors (Lipinski definition) is 4. The van der Waals surface area contributed by atoms with Crippen molar-refractivity contribution in [3.63, 3.8) is 0 Å². The molecule has 0 fully saturated rings. The molecule has 13 heavy (non-hydrogen) atoms. The summed E-state index contributed by atoms with van der Waals surface area (Å²) >= 11 is 0. The maximum atomic E-state index is 9.87. The normalized spacial score (nSPS) is 10.3. The summed E-state index contributed by atoms with van der Waals surface area (Å²) in [5.74, 6) is 0. The first-order valence-electron chi connectivity index (χ1n) is 3.85. The predicted octanol–water partition coefficient (Wildman–Crippen LogP) is 1.73. The maximum Gasteiger partial charge on any atom is 0.424 e. The molecule has 0 bridgehead atoms. The highest BCUT2D eigenvalue weighted by molar-refractivity contribution is 7.80. The van der Waals surface area contributed by atoms with Crippen molar-refractivity contribution in [2.75, 3.05) is 6.61 Å². The lowest BCUT2D eigenvalue weighted by atomic mass is 10.3. The molecule has 0 atom stereocenters. The quantitative estimate of drug-likeness (QED) is 0.238. The number of rotatable bonds is 6. The van der Waals surface area contributed by atoms with Crippen molar-refractivity contribution in [3.05, 3.63) is 13.2 Å². The van der Waals surface area contributed by atoms with E-state index in [2.05, 4.69) is 22.4 Å². The molecule has 0 aliphatic carbocycles. The summed E-state index contributed by atoms with van der Waals surface area (Å²) in [7, 11) is -4.43. The maximum absolute atomic E-state index is 9.87. The van der Waals surface area contributed by atoms with Gasteiger partial charge in [-0.05, 0) is 6.42 Å². The Hall–Kier alpha value is -0.430. The van der Waals surface area contributed by atoms with E-state index in [0.29, 0.717) is 6.42 Å². The first-order valence-corrected chi connectivity index (χ1v) is 5.21.